The highest BCUT2D eigenvalue weighted by Crippen LogP contribution is 2.17. The van der Waals surface area contributed by atoms with Gasteiger partial charge in [0.15, 0.2) is 0 Å². The number of rotatable bonds is 7. The number of aliphatic carboxylic acids is 2. The summed E-state index contributed by atoms with van der Waals surface area (Å²) >= 11 is 3.42. The molecule has 0 heterocycles. The molecule has 1 unspecified atom stereocenters. The second kappa shape index (κ2) is 12.0. The van der Waals surface area contributed by atoms with Crippen LogP contribution in [0.3, 0.4) is 0 Å². The molecule has 3 N–H and O–H groups in total. The van der Waals surface area contributed by atoms with Crippen molar-refractivity contribution in [3.8, 4) is 5.75 Å². The molecule has 0 amide bonds. The molecule has 1 aromatic rings. The molecule has 0 aromatic heterocycles. The normalized spacial score (nSPS) is 11.0. The van der Waals surface area contributed by atoms with Crippen LogP contribution >= 0.6 is 15.9 Å². The maximum absolute atomic E-state index is 9.10. The van der Waals surface area contributed by atoms with Crippen LogP contribution in [0.15, 0.2) is 28.7 Å². The highest BCUT2D eigenvalue weighted by molar-refractivity contribution is 9.10. The predicted molar refractivity (Wildman–Crippen MR) is 87.3 cm³/mol. The Hall–Kier alpha value is -1.60. The van der Waals surface area contributed by atoms with Crippen molar-refractivity contribution in [3.63, 3.8) is 0 Å². The van der Waals surface area contributed by atoms with Gasteiger partial charge in [0, 0.05) is 10.5 Å². The van der Waals surface area contributed by atoms with Crippen LogP contribution in [0.5, 0.6) is 5.75 Å². The van der Waals surface area contributed by atoms with Gasteiger partial charge in [-0.3, -0.25) is 0 Å². The van der Waals surface area contributed by atoms with E-state index in [1.807, 2.05) is 24.3 Å². The summed E-state index contributed by atoms with van der Waals surface area (Å²) in [6.45, 7) is 6.17. The minimum atomic E-state index is -1.82. The van der Waals surface area contributed by atoms with Gasteiger partial charge in [-0.05, 0) is 44.5 Å². The number of benzene rings is 1. The summed E-state index contributed by atoms with van der Waals surface area (Å²) in [6, 6.07) is 8.55. The van der Waals surface area contributed by atoms with Crippen LogP contribution < -0.4 is 10.1 Å². The number of hydrogen-bond donors (Lipinski definition) is 3. The summed E-state index contributed by atoms with van der Waals surface area (Å²) in [5.74, 6) is -2.72. The minimum Gasteiger partial charge on any atom is -0.494 e. The fourth-order valence-corrected chi connectivity index (χ4v) is 1.69. The van der Waals surface area contributed by atoms with Crippen molar-refractivity contribution in [2.24, 2.45) is 0 Å². The fraction of sp³-hybridized carbons (Fsp3) is 0.467. The average molecular weight is 376 g/mol. The van der Waals surface area contributed by atoms with E-state index in [4.69, 9.17) is 24.5 Å². The van der Waals surface area contributed by atoms with Gasteiger partial charge < -0.3 is 20.3 Å². The molecular weight excluding hydrogens is 354 g/mol. The van der Waals surface area contributed by atoms with Crippen LogP contribution in [-0.4, -0.2) is 41.3 Å². The highest BCUT2D eigenvalue weighted by atomic mass is 79.9. The molecule has 22 heavy (non-hydrogen) atoms. The standard InChI is InChI=1S/C13H20BrNO.C2H2O4/c1-3-11(2)15-8-5-9-16-13-7-4-6-12(14)10-13;3-1(4)2(5)6/h4,6-7,10-11,15H,3,5,8-9H2,1-2H3;(H,3,4)(H,5,6). The molecule has 0 aliphatic heterocycles. The van der Waals surface area contributed by atoms with E-state index in [9.17, 15) is 0 Å². The van der Waals surface area contributed by atoms with Crippen molar-refractivity contribution in [1.29, 1.82) is 0 Å². The van der Waals surface area contributed by atoms with Gasteiger partial charge in [0.25, 0.3) is 0 Å². The van der Waals surface area contributed by atoms with Gasteiger partial charge in [-0.1, -0.05) is 28.9 Å². The first kappa shape index (κ1) is 20.4. The summed E-state index contributed by atoms with van der Waals surface area (Å²) in [7, 11) is 0. The minimum absolute atomic E-state index is 0.603. The largest absolute Gasteiger partial charge is 0.494 e. The van der Waals surface area contributed by atoms with Gasteiger partial charge in [0.2, 0.25) is 0 Å². The molecular formula is C15H22BrNO5. The van der Waals surface area contributed by atoms with Crippen molar-refractivity contribution < 1.29 is 24.5 Å². The van der Waals surface area contributed by atoms with E-state index in [-0.39, 0.29) is 0 Å². The Balaban J connectivity index is 0.000000626. The van der Waals surface area contributed by atoms with Gasteiger partial charge >= 0.3 is 11.9 Å². The Labute approximate surface area is 138 Å². The van der Waals surface area contributed by atoms with Crippen LogP contribution in [0.25, 0.3) is 0 Å². The quantitative estimate of drug-likeness (QED) is 0.500. The number of ether oxygens (including phenoxy) is 1. The first-order valence-electron chi connectivity index (χ1n) is 6.94. The zero-order valence-corrected chi connectivity index (χ0v) is 14.3. The van der Waals surface area contributed by atoms with E-state index in [1.165, 1.54) is 6.42 Å². The Kier molecular flexibility index (Phi) is 11.1. The van der Waals surface area contributed by atoms with E-state index in [0.717, 1.165) is 29.8 Å². The number of nitrogens with one attached hydrogen (secondary N) is 1. The molecule has 0 saturated carbocycles. The number of carbonyl (C=O) groups is 2. The Morgan fingerprint density at radius 2 is 1.95 bits per heavy atom. The molecule has 1 rings (SSSR count). The zero-order chi connectivity index (χ0) is 17.0. The van der Waals surface area contributed by atoms with Gasteiger partial charge in [0.05, 0.1) is 6.61 Å². The number of halogens is 1. The topological polar surface area (TPSA) is 95.9 Å². The number of hydrogen-bond acceptors (Lipinski definition) is 4. The van der Waals surface area contributed by atoms with Crippen molar-refractivity contribution in [2.75, 3.05) is 13.2 Å². The molecule has 1 aromatic carbocycles. The summed E-state index contributed by atoms with van der Waals surface area (Å²) in [4.78, 5) is 18.2. The van der Waals surface area contributed by atoms with E-state index < -0.39 is 11.9 Å². The molecule has 0 aliphatic carbocycles. The monoisotopic (exact) mass is 375 g/mol. The second-order valence-corrected chi connectivity index (χ2v) is 5.45. The summed E-state index contributed by atoms with van der Waals surface area (Å²) < 4.78 is 6.69. The molecule has 0 radical (unpaired) electrons. The lowest BCUT2D eigenvalue weighted by atomic mass is 10.2. The van der Waals surface area contributed by atoms with Crippen LogP contribution in [0.1, 0.15) is 26.7 Å². The SMILES string of the molecule is CCC(C)NCCCOc1cccc(Br)c1.O=C(O)C(=O)O. The molecule has 0 spiro atoms. The van der Waals surface area contributed by atoms with Crippen molar-refractivity contribution >= 4 is 27.9 Å². The lowest BCUT2D eigenvalue weighted by Crippen LogP contribution is -2.27. The third-order valence-corrected chi connectivity index (χ3v) is 3.17. The average Bonchev–Trinajstić information content (AvgIpc) is 2.47. The first-order valence-corrected chi connectivity index (χ1v) is 7.74. The maximum Gasteiger partial charge on any atom is 0.414 e. The third kappa shape index (κ3) is 11.1. The van der Waals surface area contributed by atoms with Gasteiger partial charge in [-0.2, -0.15) is 0 Å². The third-order valence-electron chi connectivity index (χ3n) is 2.67. The highest BCUT2D eigenvalue weighted by Gasteiger charge is 2.04. The molecule has 7 heteroatoms. The predicted octanol–water partition coefficient (Wildman–Crippen LogP) is 2.76. The lowest BCUT2D eigenvalue weighted by Gasteiger charge is -2.11. The lowest BCUT2D eigenvalue weighted by molar-refractivity contribution is -0.159. The van der Waals surface area contributed by atoms with E-state index >= 15 is 0 Å². The molecule has 124 valence electrons. The first-order chi connectivity index (χ1) is 10.4. The van der Waals surface area contributed by atoms with E-state index in [2.05, 4.69) is 35.1 Å². The van der Waals surface area contributed by atoms with Gasteiger partial charge in [-0.15, -0.1) is 0 Å². The summed E-state index contributed by atoms with van der Waals surface area (Å²) in [6.07, 6.45) is 2.21. The molecule has 0 saturated heterocycles. The Morgan fingerprint density at radius 3 is 2.45 bits per heavy atom. The molecule has 0 bridgehead atoms. The van der Waals surface area contributed by atoms with Crippen molar-refractivity contribution in [2.45, 2.75) is 32.7 Å². The van der Waals surface area contributed by atoms with Crippen LogP contribution in [0, 0.1) is 0 Å². The van der Waals surface area contributed by atoms with Crippen molar-refractivity contribution in [3.05, 3.63) is 28.7 Å². The zero-order valence-electron chi connectivity index (χ0n) is 12.7. The van der Waals surface area contributed by atoms with Crippen LogP contribution in [-0.2, 0) is 9.59 Å². The molecule has 0 fully saturated rings. The van der Waals surface area contributed by atoms with E-state index in [1.54, 1.807) is 0 Å². The van der Waals surface area contributed by atoms with Crippen LogP contribution in [0.2, 0.25) is 0 Å². The summed E-state index contributed by atoms with van der Waals surface area (Å²) in [5.41, 5.74) is 0. The van der Waals surface area contributed by atoms with Crippen molar-refractivity contribution in [1.82, 2.24) is 5.32 Å². The smallest absolute Gasteiger partial charge is 0.414 e. The molecule has 1 atom stereocenters. The second-order valence-electron chi connectivity index (χ2n) is 4.53. The molecule has 6 nitrogen and oxygen atoms in total. The number of carboxylic acids is 2. The fourth-order valence-electron chi connectivity index (χ4n) is 1.31. The summed E-state index contributed by atoms with van der Waals surface area (Å²) in [5, 5.41) is 18.2. The van der Waals surface area contributed by atoms with Crippen LogP contribution in [0.4, 0.5) is 0 Å². The Bertz CT molecular complexity index is 455. The maximum atomic E-state index is 9.10. The number of carboxylic acid groups (broad SMARTS) is 2. The van der Waals surface area contributed by atoms with E-state index in [0.29, 0.717) is 6.04 Å². The molecule has 0 aliphatic rings. The van der Waals surface area contributed by atoms with Gasteiger partial charge in [0.1, 0.15) is 5.75 Å². The van der Waals surface area contributed by atoms with Gasteiger partial charge in [-0.25, -0.2) is 9.59 Å². The Morgan fingerprint density at radius 1 is 1.32 bits per heavy atom.